The summed E-state index contributed by atoms with van der Waals surface area (Å²) in [6.45, 7) is 0.599. The molecule has 6 nitrogen and oxygen atoms in total. The van der Waals surface area contributed by atoms with E-state index in [-0.39, 0.29) is 10.8 Å². The Morgan fingerprint density at radius 1 is 1.30 bits per heavy atom. The molecule has 3 aromatic rings. The minimum Gasteiger partial charge on any atom is -0.354 e. The summed E-state index contributed by atoms with van der Waals surface area (Å²) in [5, 5.41) is 3.23. The van der Waals surface area contributed by atoms with E-state index in [2.05, 4.69) is 10.3 Å². The zero-order valence-corrected chi connectivity index (χ0v) is 14.0. The molecular weight excluding hydrogens is 334 g/mol. The molecule has 0 unspecified atom stereocenters. The lowest BCUT2D eigenvalue weighted by molar-refractivity contribution is -0.116. The molecule has 1 amide bonds. The Hall–Kier alpha value is -2.19. The summed E-state index contributed by atoms with van der Waals surface area (Å²) in [4.78, 5) is 16.5. The van der Waals surface area contributed by atoms with Crippen LogP contribution in [0.15, 0.2) is 47.6 Å². The molecule has 0 aliphatic carbocycles. The standard InChI is InChI=1S/C15H15N3O3S2/c1-23(20,21)11-4-5-12-13(10-11)22-15(16-12)17-14(19)6-9-18-7-2-3-8-18/h2-5,7-8,10H,6,9H2,1H3,(H,16,17,19). The van der Waals surface area contributed by atoms with Gasteiger partial charge in [0, 0.05) is 31.6 Å². The van der Waals surface area contributed by atoms with E-state index in [0.29, 0.717) is 23.6 Å². The minimum absolute atomic E-state index is 0.124. The molecule has 0 aliphatic heterocycles. The van der Waals surface area contributed by atoms with E-state index in [1.807, 2.05) is 29.1 Å². The van der Waals surface area contributed by atoms with E-state index >= 15 is 0 Å². The van der Waals surface area contributed by atoms with Crippen molar-refractivity contribution in [2.75, 3.05) is 11.6 Å². The molecule has 1 aromatic carbocycles. The van der Waals surface area contributed by atoms with Crippen LogP contribution in [0.5, 0.6) is 0 Å². The third kappa shape index (κ3) is 3.77. The maximum Gasteiger partial charge on any atom is 0.227 e. The second kappa shape index (κ2) is 6.13. The van der Waals surface area contributed by atoms with E-state index < -0.39 is 9.84 Å². The van der Waals surface area contributed by atoms with Gasteiger partial charge in [-0.15, -0.1) is 0 Å². The van der Waals surface area contributed by atoms with Crippen molar-refractivity contribution in [3.05, 3.63) is 42.7 Å². The molecule has 0 fully saturated rings. The van der Waals surface area contributed by atoms with Gasteiger partial charge in [0.05, 0.1) is 15.1 Å². The molecule has 8 heteroatoms. The first-order chi connectivity index (χ1) is 10.9. The van der Waals surface area contributed by atoms with Gasteiger partial charge in [-0.3, -0.25) is 4.79 Å². The number of hydrogen-bond donors (Lipinski definition) is 1. The van der Waals surface area contributed by atoms with Crippen LogP contribution in [-0.4, -0.2) is 30.1 Å². The quantitative estimate of drug-likeness (QED) is 0.767. The Bertz CT molecular complexity index is 944. The first-order valence-corrected chi connectivity index (χ1v) is 9.64. The van der Waals surface area contributed by atoms with Crippen molar-refractivity contribution in [1.82, 2.24) is 9.55 Å². The van der Waals surface area contributed by atoms with Gasteiger partial charge < -0.3 is 9.88 Å². The highest BCUT2D eigenvalue weighted by Gasteiger charge is 2.12. The Labute approximate surface area is 137 Å². The van der Waals surface area contributed by atoms with Gasteiger partial charge in [0.25, 0.3) is 0 Å². The third-order valence-corrected chi connectivity index (χ3v) is 5.34. The average Bonchev–Trinajstić information content (AvgIpc) is 3.12. The molecule has 0 saturated carbocycles. The van der Waals surface area contributed by atoms with E-state index in [1.165, 1.54) is 23.7 Å². The smallest absolute Gasteiger partial charge is 0.227 e. The van der Waals surface area contributed by atoms with Gasteiger partial charge in [-0.25, -0.2) is 13.4 Å². The van der Waals surface area contributed by atoms with Crippen LogP contribution in [0.25, 0.3) is 10.2 Å². The lowest BCUT2D eigenvalue weighted by Gasteiger charge is -2.02. The Kier molecular flexibility index (Phi) is 4.18. The highest BCUT2D eigenvalue weighted by Crippen LogP contribution is 2.28. The van der Waals surface area contributed by atoms with E-state index in [1.54, 1.807) is 12.1 Å². The normalized spacial score (nSPS) is 11.7. The number of carbonyl (C=O) groups excluding carboxylic acids is 1. The van der Waals surface area contributed by atoms with Crippen molar-refractivity contribution in [3.63, 3.8) is 0 Å². The number of thiazole rings is 1. The van der Waals surface area contributed by atoms with E-state index in [0.717, 1.165) is 4.70 Å². The van der Waals surface area contributed by atoms with Gasteiger partial charge in [-0.05, 0) is 30.3 Å². The fourth-order valence-electron chi connectivity index (χ4n) is 2.12. The van der Waals surface area contributed by atoms with Crippen molar-refractivity contribution in [3.8, 4) is 0 Å². The molecule has 0 atom stereocenters. The van der Waals surface area contributed by atoms with Crippen molar-refractivity contribution in [2.24, 2.45) is 0 Å². The first kappa shape index (κ1) is 15.7. The SMILES string of the molecule is CS(=O)(=O)c1ccc2nc(NC(=O)CCn3cccc3)sc2c1. The molecule has 0 aliphatic rings. The number of sulfone groups is 1. The largest absolute Gasteiger partial charge is 0.354 e. The molecule has 2 heterocycles. The monoisotopic (exact) mass is 349 g/mol. The molecule has 2 aromatic heterocycles. The molecule has 0 bridgehead atoms. The van der Waals surface area contributed by atoms with Crippen LogP contribution in [0.1, 0.15) is 6.42 Å². The summed E-state index contributed by atoms with van der Waals surface area (Å²) in [6.07, 6.45) is 5.31. The average molecular weight is 349 g/mol. The van der Waals surface area contributed by atoms with Crippen molar-refractivity contribution >= 4 is 42.4 Å². The van der Waals surface area contributed by atoms with Gasteiger partial charge in [0.1, 0.15) is 0 Å². The molecule has 120 valence electrons. The number of benzene rings is 1. The van der Waals surface area contributed by atoms with Crippen LogP contribution in [0, 0.1) is 0 Å². The van der Waals surface area contributed by atoms with Crippen molar-refractivity contribution < 1.29 is 13.2 Å². The first-order valence-electron chi connectivity index (χ1n) is 6.93. The predicted molar refractivity (Wildman–Crippen MR) is 90.4 cm³/mol. The molecule has 23 heavy (non-hydrogen) atoms. The second-order valence-corrected chi connectivity index (χ2v) is 8.19. The number of nitrogens with zero attached hydrogens (tertiary/aromatic N) is 2. The molecule has 0 spiro atoms. The van der Waals surface area contributed by atoms with Gasteiger partial charge in [-0.1, -0.05) is 11.3 Å². The van der Waals surface area contributed by atoms with Crippen LogP contribution in [0.4, 0.5) is 5.13 Å². The topological polar surface area (TPSA) is 81.1 Å². The Morgan fingerprint density at radius 2 is 2.04 bits per heavy atom. The second-order valence-electron chi connectivity index (χ2n) is 5.14. The number of aromatic nitrogens is 2. The Balaban J connectivity index is 1.71. The lowest BCUT2D eigenvalue weighted by Crippen LogP contribution is -2.13. The van der Waals surface area contributed by atoms with Gasteiger partial charge >= 0.3 is 0 Å². The van der Waals surface area contributed by atoms with Crippen LogP contribution >= 0.6 is 11.3 Å². The number of hydrogen-bond acceptors (Lipinski definition) is 5. The zero-order valence-electron chi connectivity index (χ0n) is 12.4. The molecular formula is C15H15N3O3S2. The lowest BCUT2D eigenvalue weighted by atomic mass is 10.3. The molecule has 1 N–H and O–H groups in total. The predicted octanol–water partition coefficient (Wildman–Crippen LogP) is 2.53. The summed E-state index contributed by atoms with van der Waals surface area (Å²) >= 11 is 1.26. The highest BCUT2D eigenvalue weighted by atomic mass is 32.2. The number of amides is 1. The van der Waals surface area contributed by atoms with Crippen LogP contribution in [0.3, 0.4) is 0 Å². The van der Waals surface area contributed by atoms with E-state index in [9.17, 15) is 13.2 Å². The highest BCUT2D eigenvalue weighted by molar-refractivity contribution is 7.90. The fourth-order valence-corrected chi connectivity index (χ4v) is 3.76. The van der Waals surface area contributed by atoms with Gasteiger partial charge in [0.15, 0.2) is 15.0 Å². The van der Waals surface area contributed by atoms with Crippen molar-refractivity contribution in [2.45, 2.75) is 17.9 Å². The molecule has 0 saturated heterocycles. The van der Waals surface area contributed by atoms with Crippen LogP contribution in [0.2, 0.25) is 0 Å². The number of aryl methyl sites for hydroxylation is 1. The number of carbonyl (C=O) groups is 1. The van der Waals surface area contributed by atoms with Crippen LogP contribution < -0.4 is 5.32 Å². The Morgan fingerprint density at radius 3 is 2.74 bits per heavy atom. The fraction of sp³-hybridized carbons (Fsp3) is 0.200. The van der Waals surface area contributed by atoms with Gasteiger partial charge in [0.2, 0.25) is 5.91 Å². The minimum atomic E-state index is -3.25. The maximum atomic E-state index is 12.0. The summed E-state index contributed by atoms with van der Waals surface area (Å²) in [5.74, 6) is -0.124. The van der Waals surface area contributed by atoms with Crippen LogP contribution in [-0.2, 0) is 21.2 Å². The number of rotatable bonds is 5. The molecule has 0 radical (unpaired) electrons. The number of anilines is 1. The zero-order chi connectivity index (χ0) is 16.4. The number of fused-ring (bicyclic) bond motifs is 1. The number of nitrogens with one attached hydrogen (secondary N) is 1. The maximum absolute atomic E-state index is 12.0. The third-order valence-electron chi connectivity index (χ3n) is 3.30. The summed E-state index contributed by atoms with van der Waals surface area (Å²) in [7, 11) is -3.25. The van der Waals surface area contributed by atoms with E-state index in [4.69, 9.17) is 0 Å². The summed E-state index contributed by atoms with van der Waals surface area (Å²) < 4.78 is 25.8. The summed E-state index contributed by atoms with van der Waals surface area (Å²) in [5.41, 5.74) is 0.670. The summed E-state index contributed by atoms with van der Waals surface area (Å²) in [6, 6.07) is 8.57. The molecule has 3 rings (SSSR count). The van der Waals surface area contributed by atoms with Crippen molar-refractivity contribution in [1.29, 1.82) is 0 Å². The van der Waals surface area contributed by atoms with Gasteiger partial charge in [-0.2, -0.15) is 0 Å².